The standard InChI is InChI=1S/C19H24N2O/c1-12-6-11-16(20)13(2)17(12)21-18(22)14-7-9-15(10-8-14)19(3,4)5/h6-11H,20H2,1-5H3,(H,21,22). The third-order valence-corrected chi connectivity index (χ3v) is 3.97. The van der Waals surface area contributed by atoms with E-state index in [1.807, 2.05) is 50.2 Å². The SMILES string of the molecule is Cc1ccc(N)c(C)c1NC(=O)c1ccc(C(C)(C)C)cc1. The number of anilines is 2. The molecule has 0 spiro atoms. The molecule has 0 radical (unpaired) electrons. The van der Waals surface area contributed by atoms with E-state index >= 15 is 0 Å². The van der Waals surface area contributed by atoms with Crippen molar-refractivity contribution >= 4 is 17.3 Å². The molecule has 0 fully saturated rings. The van der Waals surface area contributed by atoms with Gasteiger partial charge in [-0.25, -0.2) is 0 Å². The van der Waals surface area contributed by atoms with Crippen LogP contribution in [0.15, 0.2) is 36.4 Å². The number of carbonyl (C=O) groups is 1. The fraction of sp³-hybridized carbons (Fsp3) is 0.316. The molecular weight excluding hydrogens is 272 g/mol. The molecule has 2 rings (SSSR count). The van der Waals surface area contributed by atoms with Crippen molar-refractivity contribution in [3.63, 3.8) is 0 Å². The molecule has 0 aliphatic carbocycles. The van der Waals surface area contributed by atoms with Crippen LogP contribution in [0.25, 0.3) is 0 Å². The van der Waals surface area contributed by atoms with Gasteiger partial charge in [0, 0.05) is 16.9 Å². The van der Waals surface area contributed by atoms with Crippen molar-refractivity contribution in [1.29, 1.82) is 0 Å². The van der Waals surface area contributed by atoms with Crippen molar-refractivity contribution in [3.8, 4) is 0 Å². The van der Waals surface area contributed by atoms with Crippen molar-refractivity contribution in [2.75, 3.05) is 11.1 Å². The van der Waals surface area contributed by atoms with E-state index in [2.05, 4.69) is 26.1 Å². The molecule has 0 aromatic heterocycles. The molecule has 0 saturated heterocycles. The summed E-state index contributed by atoms with van der Waals surface area (Å²) in [5, 5.41) is 2.97. The minimum absolute atomic E-state index is 0.0794. The summed E-state index contributed by atoms with van der Waals surface area (Å²) < 4.78 is 0. The van der Waals surface area contributed by atoms with E-state index in [0.29, 0.717) is 11.3 Å². The number of nitrogens with two attached hydrogens (primary N) is 1. The Kier molecular flexibility index (Phi) is 4.27. The number of hydrogen-bond donors (Lipinski definition) is 2. The quantitative estimate of drug-likeness (QED) is 0.805. The van der Waals surface area contributed by atoms with Crippen LogP contribution >= 0.6 is 0 Å². The number of aryl methyl sites for hydroxylation is 1. The summed E-state index contributed by atoms with van der Waals surface area (Å²) in [4.78, 5) is 12.4. The van der Waals surface area contributed by atoms with Crippen LogP contribution in [0.1, 0.15) is 47.8 Å². The first kappa shape index (κ1) is 16.1. The highest BCUT2D eigenvalue weighted by Gasteiger charge is 2.15. The first-order valence-electron chi connectivity index (χ1n) is 7.47. The molecule has 0 bridgehead atoms. The molecule has 1 amide bonds. The topological polar surface area (TPSA) is 55.1 Å². The largest absolute Gasteiger partial charge is 0.398 e. The maximum absolute atomic E-state index is 12.4. The maximum Gasteiger partial charge on any atom is 0.255 e. The van der Waals surface area contributed by atoms with Crippen LogP contribution in [0.3, 0.4) is 0 Å². The van der Waals surface area contributed by atoms with Crippen LogP contribution in [0, 0.1) is 13.8 Å². The average Bonchev–Trinajstić information content (AvgIpc) is 2.46. The highest BCUT2D eigenvalue weighted by atomic mass is 16.1. The normalized spacial score (nSPS) is 11.3. The van der Waals surface area contributed by atoms with Gasteiger partial charge in [-0.1, -0.05) is 39.0 Å². The second-order valence-electron chi connectivity index (χ2n) is 6.75. The minimum atomic E-state index is -0.114. The van der Waals surface area contributed by atoms with E-state index < -0.39 is 0 Å². The number of nitrogens with one attached hydrogen (secondary N) is 1. The van der Waals surface area contributed by atoms with Crippen LogP contribution in [0.2, 0.25) is 0 Å². The predicted octanol–water partition coefficient (Wildman–Crippen LogP) is 4.44. The fourth-order valence-corrected chi connectivity index (χ4v) is 2.36. The maximum atomic E-state index is 12.4. The molecular formula is C19H24N2O. The van der Waals surface area contributed by atoms with Gasteiger partial charge in [0.05, 0.1) is 0 Å². The van der Waals surface area contributed by atoms with Gasteiger partial charge in [0.1, 0.15) is 0 Å². The Morgan fingerprint density at radius 1 is 1.00 bits per heavy atom. The van der Waals surface area contributed by atoms with E-state index in [4.69, 9.17) is 5.73 Å². The number of amides is 1. The Hall–Kier alpha value is -2.29. The van der Waals surface area contributed by atoms with Gasteiger partial charge in [0.15, 0.2) is 0 Å². The van der Waals surface area contributed by atoms with Crippen LogP contribution in [0.4, 0.5) is 11.4 Å². The van der Waals surface area contributed by atoms with Crippen LogP contribution < -0.4 is 11.1 Å². The van der Waals surface area contributed by atoms with E-state index in [1.54, 1.807) is 0 Å². The zero-order chi connectivity index (χ0) is 16.5. The molecule has 116 valence electrons. The second kappa shape index (κ2) is 5.84. The molecule has 3 nitrogen and oxygen atoms in total. The molecule has 0 aliphatic heterocycles. The summed E-state index contributed by atoms with van der Waals surface area (Å²) in [7, 11) is 0. The van der Waals surface area contributed by atoms with Crippen LogP contribution in [-0.4, -0.2) is 5.91 Å². The van der Waals surface area contributed by atoms with Crippen LogP contribution in [-0.2, 0) is 5.41 Å². The molecule has 0 saturated carbocycles. The Morgan fingerprint density at radius 2 is 1.59 bits per heavy atom. The number of nitrogen functional groups attached to an aromatic ring is 1. The van der Waals surface area contributed by atoms with Gasteiger partial charge in [-0.3, -0.25) is 4.79 Å². The molecule has 3 heteroatoms. The van der Waals surface area contributed by atoms with Gasteiger partial charge in [0.2, 0.25) is 0 Å². The van der Waals surface area contributed by atoms with E-state index in [1.165, 1.54) is 5.56 Å². The first-order valence-corrected chi connectivity index (χ1v) is 7.47. The Labute approximate surface area is 132 Å². The Balaban J connectivity index is 2.25. The molecule has 2 aromatic rings. The van der Waals surface area contributed by atoms with E-state index in [9.17, 15) is 4.79 Å². The smallest absolute Gasteiger partial charge is 0.255 e. The summed E-state index contributed by atoms with van der Waals surface area (Å²) in [5.74, 6) is -0.114. The second-order valence-corrected chi connectivity index (χ2v) is 6.75. The van der Waals surface area contributed by atoms with Crippen molar-refractivity contribution in [2.24, 2.45) is 0 Å². The number of benzene rings is 2. The minimum Gasteiger partial charge on any atom is -0.398 e. The van der Waals surface area contributed by atoms with Crippen molar-refractivity contribution in [1.82, 2.24) is 0 Å². The third-order valence-electron chi connectivity index (χ3n) is 3.97. The van der Waals surface area contributed by atoms with Gasteiger partial charge in [-0.15, -0.1) is 0 Å². The van der Waals surface area contributed by atoms with E-state index in [0.717, 1.165) is 16.8 Å². The van der Waals surface area contributed by atoms with Crippen molar-refractivity contribution < 1.29 is 4.79 Å². The third kappa shape index (κ3) is 3.30. The van der Waals surface area contributed by atoms with Crippen LogP contribution in [0.5, 0.6) is 0 Å². The highest BCUT2D eigenvalue weighted by Crippen LogP contribution is 2.26. The fourth-order valence-electron chi connectivity index (χ4n) is 2.36. The molecule has 22 heavy (non-hydrogen) atoms. The Morgan fingerprint density at radius 3 is 2.14 bits per heavy atom. The lowest BCUT2D eigenvalue weighted by molar-refractivity contribution is 0.102. The monoisotopic (exact) mass is 296 g/mol. The molecule has 0 atom stereocenters. The predicted molar refractivity (Wildman–Crippen MR) is 93.4 cm³/mol. The summed E-state index contributed by atoms with van der Waals surface area (Å²) >= 11 is 0. The first-order chi connectivity index (χ1) is 10.2. The van der Waals surface area contributed by atoms with Crippen molar-refractivity contribution in [3.05, 3.63) is 58.7 Å². The molecule has 0 aliphatic rings. The number of hydrogen-bond acceptors (Lipinski definition) is 2. The molecule has 0 unspecified atom stereocenters. The van der Waals surface area contributed by atoms with Crippen molar-refractivity contribution in [2.45, 2.75) is 40.0 Å². The summed E-state index contributed by atoms with van der Waals surface area (Å²) in [6.07, 6.45) is 0. The Bertz CT molecular complexity index is 695. The van der Waals surface area contributed by atoms with E-state index in [-0.39, 0.29) is 11.3 Å². The van der Waals surface area contributed by atoms with Gasteiger partial charge < -0.3 is 11.1 Å². The van der Waals surface area contributed by atoms with Gasteiger partial charge in [0.25, 0.3) is 5.91 Å². The lowest BCUT2D eigenvalue weighted by atomic mass is 9.86. The van der Waals surface area contributed by atoms with Gasteiger partial charge in [-0.05, 0) is 54.2 Å². The summed E-state index contributed by atoms with van der Waals surface area (Å²) in [5.41, 5.74) is 11.2. The number of rotatable bonds is 2. The molecule has 2 aromatic carbocycles. The van der Waals surface area contributed by atoms with Gasteiger partial charge >= 0.3 is 0 Å². The zero-order valence-corrected chi connectivity index (χ0v) is 13.9. The lowest BCUT2D eigenvalue weighted by Crippen LogP contribution is -2.15. The highest BCUT2D eigenvalue weighted by molar-refractivity contribution is 6.05. The molecule has 3 N–H and O–H groups in total. The molecule has 0 heterocycles. The summed E-state index contributed by atoms with van der Waals surface area (Å²) in [6.45, 7) is 10.3. The van der Waals surface area contributed by atoms with Gasteiger partial charge in [-0.2, -0.15) is 0 Å². The lowest BCUT2D eigenvalue weighted by Gasteiger charge is -2.19. The average molecular weight is 296 g/mol. The zero-order valence-electron chi connectivity index (χ0n) is 13.9. The number of carbonyl (C=O) groups excluding carboxylic acids is 1. The summed E-state index contributed by atoms with van der Waals surface area (Å²) in [6, 6.07) is 11.5.